The minimum absolute atomic E-state index is 0.0278. The highest BCUT2D eigenvalue weighted by Gasteiger charge is 2.16. The zero-order valence-corrected chi connectivity index (χ0v) is 10.1. The number of carbonyl (C=O) groups excluding carboxylic acids is 1. The summed E-state index contributed by atoms with van der Waals surface area (Å²) in [7, 11) is 0. The Labute approximate surface area is 92.6 Å². The number of nitrogens with one attached hydrogen (secondary N) is 1. The summed E-state index contributed by atoms with van der Waals surface area (Å²) in [5.41, 5.74) is 5.53. The van der Waals surface area contributed by atoms with Gasteiger partial charge in [-0.05, 0) is 18.4 Å². The molecular formula is C11H24N2O2. The minimum atomic E-state index is -0.0278. The molecule has 0 heterocycles. The lowest BCUT2D eigenvalue weighted by atomic mass is 9.94. The highest BCUT2D eigenvalue weighted by atomic mass is 16.5. The summed E-state index contributed by atoms with van der Waals surface area (Å²) < 4.78 is 5.23. The van der Waals surface area contributed by atoms with Crippen LogP contribution in [0.1, 0.15) is 33.6 Å². The summed E-state index contributed by atoms with van der Waals surface area (Å²) in [5, 5.41) is 2.85. The van der Waals surface area contributed by atoms with E-state index in [1.807, 2.05) is 20.8 Å². The van der Waals surface area contributed by atoms with Crippen molar-refractivity contribution in [2.45, 2.75) is 33.6 Å². The molecule has 4 heteroatoms. The molecule has 0 spiro atoms. The average Bonchev–Trinajstić information content (AvgIpc) is 2.22. The third kappa shape index (κ3) is 8.39. The molecule has 3 N–H and O–H groups in total. The maximum Gasteiger partial charge on any atom is 0.222 e. The van der Waals surface area contributed by atoms with Crippen molar-refractivity contribution in [2.75, 3.05) is 26.3 Å². The van der Waals surface area contributed by atoms with E-state index in [0.29, 0.717) is 26.1 Å². The molecule has 0 radical (unpaired) electrons. The van der Waals surface area contributed by atoms with Gasteiger partial charge < -0.3 is 15.8 Å². The van der Waals surface area contributed by atoms with Gasteiger partial charge in [-0.25, -0.2) is 0 Å². The maximum absolute atomic E-state index is 11.3. The van der Waals surface area contributed by atoms with E-state index in [-0.39, 0.29) is 11.3 Å². The molecule has 0 unspecified atom stereocenters. The van der Waals surface area contributed by atoms with Crippen molar-refractivity contribution in [1.29, 1.82) is 0 Å². The molecule has 90 valence electrons. The summed E-state index contributed by atoms with van der Waals surface area (Å²) in [6, 6.07) is 0. The molecule has 1 amide bonds. The van der Waals surface area contributed by atoms with Gasteiger partial charge in [-0.15, -0.1) is 0 Å². The zero-order valence-electron chi connectivity index (χ0n) is 10.1. The Morgan fingerprint density at radius 1 is 1.40 bits per heavy atom. The van der Waals surface area contributed by atoms with E-state index in [9.17, 15) is 4.79 Å². The van der Waals surface area contributed by atoms with Crippen LogP contribution in [0, 0.1) is 5.41 Å². The Balaban J connectivity index is 3.49. The van der Waals surface area contributed by atoms with Gasteiger partial charge in [0, 0.05) is 19.6 Å². The number of rotatable bonds is 8. The van der Waals surface area contributed by atoms with E-state index in [4.69, 9.17) is 10.5 Å². The lowest BCUT2D eigenvalue weighted by Gasteiger charge is -2.22. The lowest BCUT2D eigenvalue weighted by Crippen LogP contribution is -2.38. The lowest BCUT2D eigenvalue weighted by molar-refractivity contribution is -0.122. The van der Waals surface area contributed by atoms with E-state index in [1.165, 1.54) is 0 Å². The van der Waals surface area contributed by atoms with Gasteiger partial charge in [0.15, 0.2) is 0 Å². The van der Waals surface area contributed by atoms with Crippen molar-refractivity contribution in [3.05, 3.63) is 0 Å². The average molecular weight is 216 g/mol. The molecule has 15 heavy (non-hydrogen) atoms. The second-order valence-corrected chi connectivity index (χ2v) is 4.51. The summed E-state index contributed by atoms with van der Waals surface area (Å²) >= 11 is 0. The fourth-order valence-electron chi connectivity index (χ4n) is 0.910. The molecule has 0 bridgehead atoms. The molecular weight excluding hydrogens is 192 g/mol. The fourth-order valence-corrected chi connectivity index (χ4v) is 0.910. The van der Waals surface area contributed by atoms with Crippen LogP contribution in [-0.2, 0) is 9.53 Å². The summed E-state index contributed by atoms with van der Waals surface area (Å²) in [6.45, 7) is 8.52. The summed E-state index contributed by atoms with van der Waals surface area (Å²) in [5.74, 6) is 0.0348. The van der Waals surface area contributed by atoms with Crippen molar-refractivity contribution in [1.82, 2.24) is 5.32 Å². The molecule has 0 aromatic rings. The highest BCUT2D eigenvalue weighted by Crippen LogP contribution is 2.09. The van der Waals surface area contributed by atoms with Gasteiger partial charge in [0.2, 0.25) is 5.91 Å². The summed E-state index contributed by atoms with van der Waals surface area (Å²) in [4.78, 5) is 11.3. The third-order valence-corrected chi connectivity index (χ3v) is 2.14. The molecule has 0 aliphatic carbocycles. The normalized spacial score (nSPS) is 11.5. The van der Waals surface area contributed by atoms with Crippen LogP contribution in [0.25, 0.3) is 0 Å². The van der Waals surface area contributed by atoms with Crippen LogP contribution in [0.4, 0.5) is 0 Å². The third-order valence-electron chi connectivity index (χ3n) is 2.14. The minimum Gasteiger partial charge on any atom is -0.381 e. The van der Waals surface area contributed by atoms with E-state index >= 15 is 0 Å². The molecule has 0 rings (SSSR count). The van der Waals surface area contributed by atoms with Crippen LogP contribution in [0.15, 0.2) is 0 Å². The number of carbonyl (C=O) groups is 1. The Morgan fingerprint density at radius 3 is 2.60 bits per heavy atom. The van der Waals surface area contributed by atoms with Gasteiger partial charge >= 0.3 is 0 Å². The molecule has 0 aromatic heterocycles. The van der Waals surface area contributed by atoms with Gasteiger partial charge in [-0.2, -0.15) is 0 Å². The molecule has 0 aliphatic heterocycles. The molecule has 0 aromatic carbocycles. The van der Waals surface area contributed by atoms with Gasteiger partial charge in [-0.1, -0.05) is 20.8 Å². The fraction of sp³-hybridized carbons (Fsp3) is 0.909. The molecule has 0 fully saturated rings. The van der Waals surface area contributed by atoms with Crippen molar-refractivity contribution >= 4 is 5.91 Å². The molecule has 4 nitrogen and oxygen atoms in total. The zero-order chi connectivity index (χ0) is 11.7. The number of nitrogens with two attached hydrogens (primary N) is 1. The Bertz CT molecular complexity index is 181. The van der Waals surface area contributed by atoms with Crippen molar-refractivity contribution in [3.8, 4) is 0 Å². The molecule has 0 atom stereocenters. The molecule has 0 saturated heterocycles. The van der Waals surface area contributed by atoms with Crippen LogP contribution >= 0.6 is 0 Å². The van der Waals surface area contributed by atoms with Crippen molar-refractivity contribution in [2.24, 2.45) is 11.1 Å². The number of amides is 1. The van der Waals surface area contributed by atoms with Crippen LogP contribution < -0.4 is 11.1 Å². The van der Waals surface area contributed by atoms with Gasteiger partial charge in [0.05, 0.1) is 6.61 Å². The van der Waals surface area contributed by atoms with Crippen LogP contribution in [0.2, 0.25) is 0 Å². The predicted octanol–water partition coefficient (Wildman–Crippen LogP) is 0.904. The first-order chi connectivity index (χ1) is 7.02. The van der Waals surface area contributed by atoms with Crippen LogP contribution in [0.5, 0.6) is 0 Å². The smallest absolute Gasteiger partial charge is 0.222 e. The molecule has 0 saturated carbocycles. The Kier molecular flexibility index (Phi) is 7.34. The maximum atomic E-state index is 11.3. The van der Waals surface area contributed by atoms with Gasteiger partial charge in [-0.3, -0.25) is 4.79 Å². The van der Waals surface area contributed by atoms with E-state index < -0.39 is 0 Å². The van der Waals surface area contributed by atoms with Gasteiger partial charge in [0.1, 0.15) is 0 Å². The van der Waals surface area contributed by atoms with E-state index in [1.54, 1.807) is 0 Å². The first-order valence-electron chi connectivity index (χ1n) is 5.56. The highest BCUT2D eigenvalue weighted by molar-refractivity contribution is 5.75. The number of hydrogen-bond acceptors (Lipinski definition) is 3. The second-order valence-electron chi connectivity index (χ2n) is 4.51. The topological polar surface area (TPSA) is 64.3 Å². The number of ether oxygens (including phenoxy) is 1. The predicted molar refractivity (Wildman–Crippen MR) is 61.6 cm³/mol. The first-order valence-corrected chi connectivity index (χ1v) is 5.56. The Morgan fingerprint density at radius 2 is 2.07 bits per heavy atom. The van der Waals surface area contributed by atoms with Crippen LogP contribution in [-0.4, -0.2) is 32.2 Å². The van der Waals surface area contributed by atoms with Crippen molar-refractivity contribution < 1.29 is 9.53 Å². The first kappa shape index (κ1) is 14.4. The quantitative estimate of drug-likeness (QED) is 0.593. The SMILES string of the molecule is CCCOCCC(=O)NCC(C)(C)CN. The van der Waals surface area contributed by atoms with Crippen molar-refractivity contribution in [3.63, 3.8) is 0 Å². The standard InChI is InChI=1S/C11H24N2O2/c1-4-6-15-7-5-10(14)13-9-11(2,3)8-12/h4-9,12H2,1-3H3,(H,13,14). The Hall–Kier alpha value is -0.610. The van der Waals surface area contributed by atoms with E-state index in [2.05, 4.69) is 5.32 Å². The monoisotopic (exact) mass is 216 g/mol. The van der Waals surface area contributed by atoms with E-state index in [0.717, 1.165) is 13.0 Å². The van der Waals surface area contributed by atoms with Crippen LogP contribution in [0.3, 0.4) is 0 Å². The largest absolute Gasteiger partial charge is 0.381 e. The second kappa shape index (κ2) is 7.65. The summed E-state index contributed by atoms with van der Waals surface area (Å²) in [6.07, 6.45) is 1.42. The van der Waals surface area contributed by atoms with Gasteiger partial charge in [0.25, 0.3) is 0 Å². The molecule has 0 aliphatic rings. The number of hydrogen-bond donors (Lipinski definition) is 2.